The van der Waals surface area contributed by atoms with Crippen molar-refractivity contribution < 1.29 is 14.0 Å². The molecule has 1 aliphatic heterocycles. The largest absolute Gasteiger partial charge is 0.340 e. The molecule has 29 heavy (non-hydrogen) atoms. The third-order valence-corrected chi connectivity index (χ3v) is 5.37. The van der Waals surface area contributed by atoms with Crippen LogP contribution in [0.2, 0.25) is 0 Å². The first-order chi connectivity index (χ1) is 14.0. The van der Waals surface area contributed by atoms with Crippen LogP contribution < -0.4 is 0 Å². The smallest absolute Gasteiger partial charge is 0.228 e. The van der Waals surface area contributed by atoms with Crippen LogP contribution in [-0.4, -0.2) is 47.8 Å². The lowest BCUT2D eigenvalue weighted by Gasteiger charge is -2.23. The van der Waals surface area contributed by atoms with Crippen LogP contribution in [0.1, 0.15) is 18.9 Å². The summed E-state index contributed by atoms with van der Waals surface area (Å²) in [5.41, 5.74) is 2.35. The normalized spacial score (nSPS) is 17.2. The maximum atomic E-state index is 14.0. The van der Waals surface area contributed by atoms with Gasteiger partial charge in [-0.25, -0.2) is 4.39 Å². The van der Waals surface area contributed by atoms with E-state index in [0.29, 0.717) is 44.6 Å². The average Bonchev–Trinajstić information content (AvgIpc) is 2.89. The van der Waals surface area contributed by atoms with E-state index in [0.717, 1.165) is 11.1 Å². The summed E-state index contributed by atoms with van der Waals surface area (Å²) in [5.74, 6) is -0.437. The van der Waals surface area contributed by atoms with Gasteiger partial charge < -0.3 is 9.80 Å². The molecule has 1 heterocycles. The maximum Gasteiger partial charge on any atom is 0.228 e. The van der Waals surface area contributed by atoms with Crippen molar-refractivity contribution in [3.8, 4) is 11.1 Å². The Bertz CT molecular complexity index is 879. The number of hydrogen-bond donors (Lipinski definition) is 0. The zero-order chi connectivity index (χ0) is 20.8. The molecule has 0 aromatic heterocycles. The fourth-order valence-electron chi connectivity index (χ4n) is 3.78. The van der Waals surface area contributed by atoms with Crippen molar-refractivity contribution >= 4 is 11.8 Å². The Morgan fingerprint density at radius 3 is 2.55 bits per heavy atom. The number of benzene rings is 2. The SMILES string of the molecule is C=CCN1CCN(C(=O)CC)C[C@H](Cc2ccc(-c3ccccc3F)cc2)C1=O. The molecular formula is C24H27FN2O2. The molecule has 0 bridgehead atoms. The minimum absolute atomic E-state index is 0.0504. The van der Waals surface area contributed by atoms with E-state index in [9.17, 15) is 14.0 Å². The van der Waals surface area contributed by atoms with Crippen LogP contribution in [0.3, 0.4) is 0 Å². The lowest BCUT2D eigenvalue weighted by Crippen LogP contribution is -2.37. The molecule has 2 aromatic carbocycles. The molecule has 0 N–H and O–H groups in total. The summed E-state index contributed by atoms with van der Waals surface area (Å²) < 4.78 is 14.0. The molecule has 0 saturated carbocycles. The molecule has 4 nitrogen and oxygen atoms in total. The van der Waals surface area contributed by atoms with Gasteiger partial charge in [0.25, 0.3) is 0 Å². The molecular weight excluding hydrogens is 367 g/mol. The minimum Gasteiger partial charge on any atom is -0.340 e. The third-order valence-electron chi connectivity index (χ3n) is 5.37. The molecule has 2 aromatic rings. The number of hydrogen-bond acceptors (Lipinski definition) is 2. The second kappa shape index (κ2) is 9.50. The molecule has 0 unspecified atom stereocenters. The monoisotopic (exact) mass is 394 g/mol. The number of amides is 2. The maximum absolute atomic E-state index is 14.0. The van der Waals surface area contributed by atoms with Crippen LogP contribution in [0.5, 0.6) is 0 Å². The van der Waals surface area contributed by atoms with Crippen LogP contribution in [-0.2, 0) is 16.0 Å². The first-order valence-electron chi connectivity index (χ1n) is 10.0. The summed E-state index contributed by atoms with van der Waals surface area (Å²) >= 11 is 0. The molecule has 0 radical (unpaired) electrons. The predicted molar refractivity (Wildman–Crippen MR) is 113 cm³/mol. The molecule has 1 atom stereocenters. The number of halogens is 1. The Balaban J connectivity index is 1.79. The summed E-state index contributed by atoms with van der Waals surface area (Å²) in [5, 5.41) is 0. The van der Waals surface area contributed by atoms with E-state index in [1.807, 2.05) is 37.3 Å². The van der Waals surface area contributed by atoms with Gasteiger partial charge >= 0.3 is 0 Å². The summed E-state index contributed by atoms with van der Waals surface area (Å²) in [4.78, 5) is 28.8. The number of nitrogens with zero attached hydrogens (tertiary/aromatic N) is 2. The Hall–Kier alpha value is -2.95. The van der Waals surface area contributed by atoms with Crippen molar-refractivity contribution in [2.24, 2.45) is 5.92 Å². The summed E-state index contributed by atoms with van der Waals surface area (Å²) in [7, 11) is 0. The van der Waals surface area contributed by atoms with E-state index in [-0.39, 0.29) is 23.5 Å². The van der Waals surface area contributed by atoms with Crippen LogP contribution >= 0.6 is 0 Å². The van der Waals surface area contributed by atoms with Gasteiger partial charge in [0.05, 0.1) is 5.92 Å². The highest BCUT2D eigenvalue weighted by molar-refractivity contribution is 5.82. The van der Waals surface area contributed by atoms with Gasteiger partial charge in [0.1, 0.15) is 5.82 Å². The van der Waals surface area contributed by atoms with Crippen molar-refractivity contribution in [2.45, 2.75) is 19.8 Å². The fraction of sp³-hybridized carbons (Fsp3) is 0.333. The van der Waals surface area contributed by atoms with E-state index in [4.69, 9.17) is 0 Å². The van der Waals surface area contributed by atoms with Gasteiger partial charge in [0, 0.05) is 38.2 Å². The number of carbonyl (C=O) groups is 2. The van der Waals surface area contributed by atoms with Crippen molar-refractivity contribution in [2.75, 3.05) is 26.2 Å². The van der Waals surface area contributed by atoms with E-state index in [1.165, 1.54) is 6.07 Å². The van der Waals surface area contributed by atoms with Gasteiger partial charge in [0.2, 0.25) is 11.8 Å². The van der Waals surface area contributed by atoms with Gasteiger partial charge in [-0.1, -0.05) is 55.5 Å². The summed E-state index contributed by atoms with van der Waals surface area (Å²) in [6.45, 7) is 7.56. The Labute approximate surface area is 171 Å². The van der Waals surface area contributed by atoms with Crippen molar-refractivity contribution in [3.05, 3.63) is 72.6 Å². The van der Waals surface area contributed by atoms with Crippen LogP contribution in [0.15, 0.2) is 61.2 Å². The second-order valence-electron chi connectivity index (χ2n) is 7.34. The second-order valence-corrected chi connectivity index (χ2v) is 7.34. The van der Waals surface area contributed by atoms with Crippen molar-refractivity contribution in [1.29, 1.82) is 0 Å². The van der Waals surface area contributed by atoms with Crippen LogP contribution in [0.25, 0.3) is 11.1 Å². The minimum atomic E-state index is -0.299. The van der Waals surface area contributed by atoms with Crippen molar-refractivity contribution in [1.82, 2.24) is 9.80 Å². The lowest BCUT2D eigenvalue weighted by molar-refractivity contribution is -0.134. The Kier molecular flexibility index (Phi) is 6.81. The molecule has 152 valence electrons. The number of rotatable bonds is 6. The topological polar surface area (TPSA) is 40.6 Å². The van der Waals surface area contributed by atoms with E-state index >= 15 is 0 Å². The molecule has 3 rings (SSSR count). The molecule has 1 aliphatic rings. The highest BCUT2D eigenvalue weighted by atomic mass is 19.1. The fourth-order valence-corrected chi connectivity index (χ4v) is 3.78. The van der Waals surface area contributed by atoms with Crippen LogP contribution in [0, 0.1) is 11.7 Å². The quantitative estimate of drug-likeness (QED) is 0.697. The highest BCUT2D eigenvalue weighted by Crippen LogP contribution is 2.24. The molecule has 1 fully saturated rings. The standard InChI is InChI=1S/C24H27FN2O2/c1-3-13-26-14-15-27(23(28)4-2)17-20(24(26)29)16-18-9-11-19(12-10-18)21-7-5-6-8-22(21)25/h3,5-12,20H,1,4,13-17H2,2H3/t20-/m0/s1. The van der Waals surface area contributed by atoms with E-state index in [1.54, 1.807) is 28.0 Å². The summed E-state index contributed by atoms with van der Waals surface area (Å²) in [6.07, 6.45) is 2.69. The first kappa shape index (κ1) is 20.8. The van der Waals surface area contributed by atoms with Crippen LogP contribution in [0.4, 0.5) is 4.39 Å². The zero-order valence-corrected chi connectivity index (χ0v) is 16.8. The zero-order valence-electron chi connectivity index (χ0n) is 16.8. The highest BCUT2D eigenvalue weighted by Gasteiger charge is 2.31. The summed E-state index contributed by atoms with van der Waals surface area (Å²) in [6, 6.07) is 14.3. The Morgan fingerprint density at radius 2 is 1.90 bits per heavy atom. The molecule has 2 amide bonds. The van der Waals surface area contributed by atoms with Gasteiger partial charge in [-0.3, -0.25) is 9.59 Å². The van der Waals surface area contributed by atoms with Crippen molar-refractivity contribution in [3.63, 3.8) is 0 Å². The lowest BCUT2D eigenvalue weighted by atomic mass is 9.95. The molecule has 5 heteroatoms. The van der Waals surface area contributed by atoms with Gasteiger partial charge in [0.15, 0.2) is 0 Å². The predicted octanol–water partition coefficient (Wildman–Crippen LogP) is 3.92. The van der Waals surface area contributed by atoms with E-state index < -0.39 is 0 Å². The molecule has 1 saturated heterocycles. The van der Waals surface area contributed by atoms with Gasteiger partial charge in [-0.2, -0.15) is 0 Å². The first-order valence-corrected chi connectivity index (χ1v) is 10.0. The third kappa shape index (κ3) is 4.91. The number of carbonyl (C=O) groups excluding carboxylic acids is 2. The van der Waals surface area contributed by atoms with E-state index in [2.05, 4.69) is 6.58 Å². The Morgan fingerprint density at radius 1 is 1.17 bits per heavy atom. The molecule has 0 aliphatic carbocycles. The molecule has 0 spiro atoms. The van der Waals surface area contributed by atoms with Gasteiger partial charge in [-0.05, 0) is 23.6 Å². The van der Waals surface area contributed by atoms with Gasteiger partial charge in [-0.15, -0.1) is 6.58 Å². The average molecular weight is 394 g/mol.